The monoisotopic (exact) mass is 311 g/mol. The minimum absolute atomic E-state index is 0.0858. The van der Waals surface area contributed by atoms with Crippen molar-refractivity contribution in [1.29, 1.82) is 0 Å². The number of hydrogen-bond acceptors (Lipinski definition) is 4. The Morgan fingerprint density at radius 2 is 2.10 bits per heavy atom. The van der Waals surface area contributed by atoms with E-state index in [1.807, 2.05) is 12.3 Å². The Morgan fingerprint density at radius 3 is 2.67 bits per heavy atom. The smallest absolute Gasteiger partial charge is 0.315 e. The van der Waals surface area contributed by atoms with Gasteiger partial charge in [-0.05, 0) is 32.6 Å². The Bertz CT molecular complexity index is 495. The molecule has 2 rings (SSSR count). The third-order valence-electron chi connectivity index (χ3n) is 3.70. The molecule has 1 fully saturated rings. The van der Waals surface area contributed by atoms with Crippen LogP contribution in [0, 0.1) is 12.8 Å². The number of carbonyl (C=O) groups is 2. The van der Waals surface area contributed by atoms with Gasteiger partial charge in [-0.15, -0.1) is 11.3 Å². The Morgan fingerprint density at radius 1 is 1.38 bits per heavy atom. The Kier molecular flexibility index (Phi) is 5.55. The highest BCUT2D eigenvalue weighted by atomic mass is 32.1. The molecule has 0 spiro atoms. The van der Waals surface area contributed by atoms with Crippen LogP contribution in [0.2, 0.25) is 0 Å². The Hall–Kier alpha value is -1.63. The van der Waals surface area contributed by atoms with E-state index in [9.17, 15) is 9.59 Å². The molecular formula is C14H21N3O3S. The highest BCUT2D eigenvalue weighted by molar-refractivity contribution is 7.09. The summed E-state index contributed by atoms with van der Waals surface area (Å²) in [6, 6.07) is -0.0928. The third-order valence-corrected chi connectivity index (χ3v) is 4.73. The fraction of sp³-hybridized carbons (Fsp3) is 0.643. The molecule has 7 heteroatoms. The van der Waals surface area contributed by atoms with E-state index < -0.39 is 5.97 Å². The fourth-order valence-electron chi connectivity index (χ4n) is 2.52. The predicted molar refractivity (Wildman–Crippen MR) is 80.5 cm³/mol. The van der Waals surface area contributed by atoms with Crippen molar-refractivity contribution >= 4 is 23.3 Å². The van der Waals surface area contributed by atoms with E-state index in [0.717, 1.165) is 30.0 Å². The zero-order valence-electron chi connectivity index (χ0n) is 12.1. The maximum Gasteiger partial charge on any atom is 0.315 e. The van der Waals surface area contributed by atoms with E-state index >= 15 is 0 Å². The van der Waals surface area contributed by atoms with Crippen LogP contribution in [0.15, 0.2) is 5.38 Å². The molecule has 0 radical (unpaired) electrons. The first-order valence-electron chi connectivity index (χ1n) is 7.23. The molecule has 1 heterocycles. The summed E-state index contributed by atoms with van der Waals surface area (Å²) in [5.74, 6) is -0.976. The molecule has 0 bridgehead atoms. The van der Waals surface area contributed by atoms with Gasteiger partial charge in [-0.2, -0.15) is 0 Å². The number of aryl methyl sites for hydroxylation is 1. The zero-order chi connectivity index (χ0) is 15.2. The number of nitrogens with one attached hydrogen (secondary N) is 2. The molecule has 21 heavy (non-hydrogen) atoms. The van der Waals surface area contributed by atoms with Gasteiger partial charge < -0.3 is 15.7 Å². The van der Waals surface area contributed by atoms with Crippen molar-refractivity contribution in [3.05, 3.63) is 16.1 Å². The lowest BCUT2D eigenvalue weighted by molar-refractivity contribution is -0.142. The molecule has 1 aliphatic carbocycles. The van der Waals surface area contributed by atoms with E-state index in [4.69, 9.17) is 5.11 Å². The molecule has 2 amide bonds. The number of carbonyl (C=O) groups excluding carboxylic acids is 1. The summed E-state index contributed by atoms with van der Waals surface area (Å²) < 4.78 is 0. The van der Waals surface area contributed by atoms with Gasteiger partial charge in [0.25, 0.3) is 0 Å². The molecule has 0 atom stereocenters. The maximum absolute atomic E-state index is 11.8. The van der Waals surface area contributed by atoms with Crippen molar-refractivity contribution in [3.63, 3.8) is 0 Å². The SMILES string of the molecule is Cc1csc(CCNC(=O)NC2CCC(C(=O)O)CC2)n1. The molecule has 1 aliphatic rings. The van der Waals surface area contributed by atoms with E-state index in [2.05, 4.69) is 15.6 Å². The minimum Gasteiger partial charge on any atom is -0.481 e. The van der Waals surface area contributed by atoms with Crippen molar-refractivity contribution in [2.24, 2.45) is 5.92 Å². The van der Waals surface area contributed by atoms with Crippen LogP contribution < -0.4 is 10.6 Å². The molecule has 116 valence electrons. The summed E-state index contributed by atoms with van der Waals surface area (Å²) in [6.45, 7) is 2.51. The van der Waals surface area contributed by atoms with Gasteiger partial charge in [-0.25, -0.2) is 9.78 Å². The number of amides is 2. The van der Waals surface area contributed by atoms with Crippen LogP contribution in [-0.2, 0) is 11.2 Å². The molecule has 1 saturated carbocycles. The number of hydrogen-bond donors (Lipinski definition) is 3. The van der Waals surface area contributed by atoms with Crippen molar-refractivity contribution in [3.8, 4) is 0 Å². The minimum atomic E-state index is -0.725. The zero-order valence-corrected chi connectivity index (χ0v) is 12.9. The van der Waals surface area contributed by atoms with Crippen LogP contribution in [0.5, 0.6) is 0 Å². The van der Waals surface area contributed by atoms with Gasteiger partial charge in [0.1, 0.15) is 0 Å². The summed E-state index contributed by atoms with van der Waals surface area (Å²) in [6.07, 6.45) is 3.47. The van der Waals surface area contributed by atoms with Gasteiger partial charge in [-0.1, -0.05) is 0 Å². The second-order valence-corrected chi connectivity index (χ2v) is 6.36. The van der Waals surface area contributed by atoms with Gasteiger partial charge >= 0.3 is 12.0 Å². The number of carboxylic acid groups (broad SMARTS) is 1. The van der Waals surface area contributed by atoms with Crippen molar-refractivity contribution < 1.29 is 14.7 Å². The van der Waals surface area contributed by atoms with Crippen molar-refractivity contribution in [2.45, 2.75) is 45.1 Å². The second-order valence-electron chi connectivity index (χ2n) is 5.42. The van der Waals surface area contributed by atoms with Crippen molar-refractivity contribution in [2.75, 3.05) is 6.54 Å². The number of carboxylic acids is 1. The Labute approximate surface area is 128 Å². The average Bonchev–Trinajstić information content (AvgIpc) is 2.85. The van der Waals surface area contributed by atoms with Crippen LogP contribution in [-0.4, -0.2) is 34.7 Å². The standard InChI is InChI=1S/C14H21N3O3S/c1-9-8-21-12(16-9)6-7-15-14(20)17-11-4-2-10(3-5-11)13(18)19/h8,10-11H,2-7H2,1H3,(H,18,19)(H2,15,17,20). The molecule has 1 aromatic rings. The number of nitrogens with zero attached hydrogens (tertiary/aromatic N) is 1. The van der Waals surface area contributed by atoms with Crippen LogP contribution in [0.25, 0.3) is 0 Å². The lowest BCUT2D eigenvalue weighted by Gasteiger charge is -2.26. The van der Waals surface area contributed by atoms with Crippen LogP contribution in [0.1, 0.15) is 36.4 Å². The summed E-state index contributed by atoms with van der Waals surface area (Å²) in [5.41, 5.74) is 1.01. The summed E-state index contributed by atoms with van der Waals surface area (Å²) in [5, 5.41) is 17.7. The first kappa shape index (κ1) is 15.8. The van der Waals surface area contributed by atoms with Crippen LogP contribution >= 0.6 is 11.3 Å². The van der Waals surface area contributed by atoms with Gasteiger partial charge in [0.2, 0.25) is 0 Å². The van der Waals surface area contributed by atoms with E-state index in [1.165, 1.54) is 0 Å². The summed E-state index contributed by atoms with van der Waals surface area (Å²) in [7, 11) is 0. The first-order chi connectivity index (χ1) is 10.0. The van der Waals surface area contributed by atoms with Crippen LogP contribution in [0.4, 0.5) is 4.79 Å². The van der Waals surface area contributed by atoms with Gasteiger partial charge in [0, 0.05) is 30.1 Å². The number of rotatable bonds is 5. The third kappa shape index (κ3) is 5.00. The first-order valence-corrected chi connectivity index (χ1v) is 8.10. The van der Waals surface area contributed by atoms with E-state index in [0.29, 0.717) is 19.4 Å². The maximum atomic E-state index is 11.8. The fourth-order valence-corrected chi connectivity index (χ4v) is 3.30. The highest BCUT2D eigenvalue weighted by Crippen LogP contribution is 2.24. The largest absolute Gasteiger partial charge is 0.481 e. The van der Waals surface area contributed by atoms with Gasteiger partial charge in [0.05, 0.1) is 10.9 Å². The number of thiazole rings is 1. The average molecular weight is 311 g/mol. The lowest BCUT2D eigenvalue weighted by atomic mass is 9.86. The molecule has 1 aromatic heterocycles. The molecule has 0 aromatic carbocycles. The van der Waals surface area contributed by atoms with E-state index in [1.54, 1.807) is 11.3 Å². The molecule has 0 unspecified atom stereocenters. The van der Waals surface area contributed by atoms with Crippen molar-refractivity contribution in [1.82, 2.24) is 15.6 Å². The molecule has 3 N–H and O–H groups in total. The Balaban J connectivity index is 1.62. The summed E-state index contributed by atoms with van der Waals surface area (Å²) in [4.78, 5) is 27.0. The predicted octanol–water partition coefficient (Wildman–Crippen LogP) is 1.94. The van der Waals surface area contributed by atoms with E-state index in [-0.39, 0.29) is 18.0 Å². The van der Waals surface area contributed by atoms with Gasteiger partial charge in [0.15, 0.2) is 0 Å². The van der Waals surface area contributed by atoms with Crippen LogP contribution in [0.3, 0.4) is 0 Å². The summed E-state index contributed by atoms with van der Waals surface area (Å²) >= 11 is 1.60. The molecule has 0 aliphatic heterocycles. The highest BCUT2D eigenvalue weighted by Gasteiger charge is 2.26. The number of aliphatic carboxylic acids is 1. The lowest BCUT2D eigenvalue weighted by Crippen LogP contribution is -2.44. The molecular weight excluding hydrogens is 290 g/mol. The second kappa shape index (κ2) is 7.40. The molecule has 6 nitrogen and oxygen atoms in total. The van der Waals surface area contributed by atoms with Gasteiger partial charge in [-0.3, -0.25) is 4.79 Å². The quantitative estimate of drug-likeness (QED) is 0.775. The normalized spacial score (nSPS) is 21.8. The number of aromatic nitrogens is 1. The number of urea groups is 1. The topological polar surface area (TPSA) is 91.3 Å². The molecule has 0 saturated heterocycles.